The fourth-order valence-electron chi connectivity index (χ4n) is 3.07. The van der Waals surface area contributed by atoms with Gasteiger partial charge in [-0.05, 0) is 29.8 Å². The summed E-state index contributed by atoms with van der Waals surface area (Å²) in [5.41, 5.74) is 7.52. The fraction of sp³-hybridized carbons (Fsp3) is 0.300. The van der Waals surface area contributed by atoms with E-state index in [1.807, 2.05) is 30.3 Å². The van der Waals surface area contributed by atoms with Gasteiger partial charge in [-0.25, -0.2) is 4.39 Å². The molecule has 136 valence electrons. The highest BCUT2D eigenvalue weighted by molar-refractivity contribution is 5.94. The molecule has 2 amide bonds. The second-order valence-corrected chi connectivity index (χ2v) is 6.40. The van der Waals surface area contributed by atoms with Gasteiger partial charge in [0.1, 0.15) is 5.82 Å². The van der Waals surface area contributed by atoms with E-state index in [-0.39, 0.29) is 30.1 Å². The summed E-state index contributed by atoms with van der Waals surface area (Å²) in [5, 5.41) is 0. The van der Waals surface area contributed by atoms with Crippen molar-refractivity contribution in [3.05, 3.63) is 71.5 Å². The molecule has 1 heterocycles. The standard InChI is InChI=1S/C20H22FN3O2/c21-17-8-6-16(7-9-17)20(26)24-12-10-23(11-13-24)19(25)14-18(22)15-4-2-1-3-5-15/h1-9,18H,10-14,22H2. The molecule has 1 unspecified atom stereocenters. The van der Waals surface area contributed by atoms with Crippen LogP contribution in [-0.4, -0.2) is 47.8 Å². The highest BCUT2D eigenvalue weighted by Gasteiger charge is 2.25. The number of piperazine rings is 1. The van der Waals surface area contributed by atoms with Gasteiger partial charge in [-0.2, -0.15) is 0 Å². The van der Waals surface area contributed by atoms with Crippen LogP contribution in [-0.2, 0) is 4.79 Å². The highest BCUT2D eigenvalue weighted by Crippen LogP contribution is 2.16. The molecule has 0 aromatic heterocycles. The predicted molar refractivity (Wildman–Crippen MR) is 96.9 cm³/mol. The van der Waals surface area contributed by atoms with E-state index >= 15 is 0 Å². The average molecular weight is 355 g/mol. The first kappa shape index (κ1) is 18.1. The van der Waals surface area contributed by atoms with Gasteiger partial charge in [0.15, 0.2) is 0 Å². The molecule has 0 saturated carbocycles. The first-order valence-corrected chi connectivity index (χ1v) is 8.68. The minimum absolute atomic E-state index is 0.00441. The summed E-state index contributed by atoms with van der Waals surface area (Å²) < 4.78 is 13.0. The lowest BCUT2D eigenvalue weighted by atomic mass is 10.0. The Labute approximate surface area is 152 Å². The van der Waals surface area contributed by atoms with Crippen LogP contribution < -0.4 is 5.73 Å². The van der Waals surface area contributed by atoms with Crippen molar-refractivity contribution in [1.82, 2.24) is 9.80 Å². The molecule has 0 aliphatic carbocycles. The molecular formula is C20H22FN3O2. The largest absolute Gasteiger partial charge is 0.339 e. The zero-order valence-electron chi connectivity index (χ0n) is 14.5. The molecule has 6 heteroatoms. The Morgan fingerprint density at radius 3 is 2.12 bits per heavy atom. The van der Waals surface area contributed by atoms with Gasteiger partial charge in [-0.15, -0.1) is 0 Å². The Kier molecular flexibility index (Phi) is 5.63. The van der Waals surface area contributed by atoms with Gasteiger partial charge in [0, 0.05) is 44.2 Å². The summed E-state index contributed by atoms with van der Waals surface area (Å²) in [5.74, 6) is -0.514. The third kappa shape index (κ3) is 4.26. The van der Waals surface area contributed by atoms with Crippen LogP contribution in [0.4, 0.5) is 4.39 Å². The van der Waals surface area contributed by atoms with E-state index in [9.17, 15) is 14.0 Å². The lowest BCUT2D eigenvalue weighted by Crippen LogP contribution is -2.51. The van der Waals surface area contributed by atoms with Crippen LogP contribution in [0.25, 0.3) is 0 Å². The first-order valence-electron chi connectivity index (χ1n) is 8.68. The molecule has 0 spiro atoms. The van der Waals surface area contributed by atoms with E-state index in [1.54, 1.807) is 9.80 Å². The molecule has 5 nitrogen and oxygen atoms in total. The lowest BCUT2D eigenvalue weighted by molar-refractivity contribution is -0.133. The summed E-state index contributed by atoms with van der Waals surface area (Å²) in [6, 6.07) is 14.7. The number of halogens is 1. The van der Waals surface area contributed by atoms with Crippen molar-refractivity contribution in [3.63, 3.8) is 0 Å². The molecule has 2 aromatic carbocycles. The summed E-state index contributed by atoms with van der Waals surface area (Å²) in [4.78, 5) is 28.3. The Balaban J connectivity index is 1.52. The molecule has 2 N–H and O–H groups in total. The van der Waals surface area contributed by atoms with Crippen LogP contribution >= 0.6 is 0 Å². The zero-order chi connectivity index (χ0) is 18.5. The van der Waals surface area contributed by atoms with Gasteiger partial charge in [0.25, 0.3) is 5.91 Å². The van der Waals surface area contributed by atoms with Gasteiger partial charge in [0.05, 0.1) is 0 Å². The van der Waals surface area contributed by atoms with E-state index in [1.165, 1.54) is 24.3 Å². The normalized spacial score (nSPS) is 15.6. The van der Waals surface area contributed by atoms with Gasteiger partial charge in [-0.1, -0.05) is 30.3 Å². The van der Waals surface area contributed by atoms with Crippen molar-refractivity contribution in [1.29, 1.82) is 0 Å². The Morgan fingerprint density at radius 1 is 0.923 bits per heavy atom. The van der Waals surface area contributed by atoms with Crippen molar-refractivity contribution in [2.24, 2.45) is 5.73 Å². The molecular weight excluding hydrogens is 333 g/mol. The minimum atomic E-state index is -0.369. The zero-order valence-corrected chi connectivity index (χ0v) is 14.5. The second-order valence-electron chi connectivity index (χ2n) is 6.40. The average Bonchev–Trinajstić information content (AvgIpc) is 2.69. The fourth-order valence-corrected chi connectivity index (χ4v) is 3.07. The molecule has 1 aliphatic heterocycles. The summed E-state index contributed by atoms with van der Waals surface area (Å²) in [6.07, 6.45) is 0.246. The summed E-state index contributed by atoms with van der Waals surface area (Å²) in [7, 11) is 0. The van der Waals surface area contributed by atoms with Crippen LogP contribution in [0.3, 0.4) is 0 Å². The van der Waals surface area contributed by atoms with E-state index in [0.717, 1.165) is 5.56 Å². The first-order chi connectivity index (χ1) is 12.5. The van der Waals surface area contributed by atoms with E-state index in [2.05, 4.69) is 0 Å². The Bertz CT molecular complexity index is 756. The maximum atomic E-state index is 13.0. The molecule has 26 heavy (non-hydrogen) atoms. The van der Waals surface area contributed by atoms with Gasteiger partial charge < -0.3 is 15.5 Å². The maximum absolute atomic E-state index is 13.0. The quantitative estimate of drug-likeness (QED) is 0.914. The summed E-state index contributed by atoms with van der Waals surface area (Å²) >= 11 is 0. The number of hydrogen-bond donors (Lipinski definition) is 1. The van der Waals surface area contributed by atoms with Crippen molar-refractivity contribution in [3.8, 4) is 0 Å². The van der Waals surface area contributed by atoms with Crippen molar-refractivity contribution in [2.75, 3.05) is 26.2 Å². The third-order valence-corrected chi connectivity index (χ3v) is 4.63. The molecule has 1 saturated heterocycles. The topological polar surface area (TPSA) is 66.6 Å². The monoisotopic (exact) mass is 355 g/mol. The van der Waals surface area contributed by atoms with Gasteiger partial charge in [0.2, 0.25) is 5.91 Å². The number of amides is 2. The number of hydrogen-bond acceptors (Lipinski definition) is 3. The van der Waals surface area contributed by atoms with Gasteiger partial charge >= 0.3 is 0 Å². The van der Waals surface area contributed by atoms with E-state index in [0.29, 0.717) is 31.7 Å². The molecule has 0 radical (unpaired) electrons. The molecule has 0 bridgehead atoms. The van der Waals surface area contributed by atoms with E-state index < -0.39 is 0 Å². The molecule has 1 aliphatic rings. The minimum Gasteiger partial charge on any atom is -0.339 e. The lowest BCUT2D eigenvalue weighted by Gasteiger charge is -2.35. The maximum Gasteiger partial charge on any atom is 0.253 e. The number of carbonyl (C=O) groups excluding carboxylic acids is 2. The Hall–Kier alpha value is -2.73. The van der Waals surface area contributed by atoms with Crippen molar-refractivity contribution in [2.45, 2.75) is 12.5 Å². The van der Waals surface area contributed by atoms with Crippen LogP contribution in [0.2, 0.25) is 0 Å². The molecule has 1 atom stereocenters. The third-order valence-electron chi connectivity index (χ3n) is 4.63. The van der Waals surface area contributed by atoms with Crippen LogP contribution in [0.5, 0.6) is 0 Å². The molecule has 1 fully saturated rings. The van der Waals surface area contributed by atoms with Crippen LogP contribution in [0, 0.1) is 5.82 Å². The molecule has 2 aromatic rings. The Morgan fingerprint density at radius 2 is 1.50 bits per heavy atom. The highest BCUT2D eigenvalue weighted by atomic mass is 19.1. The van der Waals surface area contributed by atoms with Crippen molar-refractivity contribution < 1.29 is 14.0 Å². The molecule has 3 rings (SSSR count). The van der Waals surface area contributed by atoms with E-state index in [4.69, 9.17) is 5.73 Å². The SMILES string of the molecule is NC(CC(=O)N1CCN(C(=O)c2ccc(F)cc2)CC1)c1ccccc1. The van der Waals surface area contributed by atoms with Crippen molar-refractivity contribution >= 4 is 11.8 Å². The smallest absolute Gasteiger partial charge is 0.253 e. The van der Waals surface area contributed by atoms with Gasteiger partial charge in [-0.3, -0.25) is 9.59 Å². The number of nitrogens with zero attached hydrogens (tertiary/aromatic N) is 2. The number of nitrogens with two attached hydrogens (primary N) is 1. The number of carbonyl (C=O) groups is 2. The van der Waals surface area contributed by atoms with Crippen LogP contribution in [0.1, 0.15) is 28.4 Å². The summed E-state index contributed by atoms with van der Waals surface area (Å²) in [6.45, 7) is 1.88. The van der Waals surface area contributed by atoms with Crippen LogP contribution in [0.15, 0.2) is 54.6 Å². The number of rotatable bonds is 4. The number of benzene rings is 2. The predicted octanol–water partition coefficient (Wildman–Crippen LogP) is 2.20. The second kappa shape index (κ2) is 8.10.